The Morgan fingerprint density at radius 3 is 2.26 bits per heavy atom. The third-order valence-electron chi connectivity index (χ3n) is 7.61. The van der Waals surface area contributed by atoms with Crippen LogP contribution in [0.3, 0.4) is 0 Å². The van der Waals surface area contributed by atoms with E-state index in [1.165, 1.54) is 0 Å². The highest BCUT2D eigenvalue weighted by Crippen LogP contribution is 2.29. The van der Waals surface area contributed by atoms with Crippen LogP contribution >= 0.6 is 0 Å². The predicted molar refractivity (Wildman–Crippen MR) is 164 cm³/mol. The fraction of sp³-hybridized carbons (Fsp3) is 0.517. The molecule has 4 heterocycles. The summed E-state index contributed by atoms with van der Waals surface area (Å²) in [7, 11) is 0. The number of nitrogens with two attached hydrogens (primary N) is 1. The lowest BCUT2D eigenvalue weighted by molar-refractivity contribution is 0.115. The summed E-state index contributed by atoms with van der Waals surface area (Å²) in [5.74, 6) is 1.24. The Kier molecular flexibility index (Phi) is 10.5. The van der Waals surface area contributed by atoms with Crippen molar-refractivity contribution >= 4 is 45.6 Å². The molecular weight excluding hydrogens is 539 g/mol. The molecule has 4 aromatic heterocycles. The van der Waals surface area contributed by atoms with Gasteiger partial charge >= 0.3 is 0 Å². The van der Waals surface area contributed by atoms with Gasteiger partial charge in [0.2, 0.25) is 11.9 Å². The summed E-state index contributed by atoms with van der Waals surface area (Å²) in [6.45, 7) is 5.14. The number of hydrogen-bond donors (Lipinski definition) is 6. The fourth-order valence-corrected chi connectivity index (χ4v) is 4.94. The number of nitrogen functional groups attached to an aromatic ring is 1. The van der Waals surface area contributed by atoms with E-state index in [4.69, 9.17) is 10.7 Å². The summed E-state index contributed by atoms with van der Waals surface area (Å²) in [6.07, 6.45) is 6.35. The van der Waals surface area contributed by atoms with E-state index < -0.39 is 24.4 Å². The van der Waals surface area contributed by atoms with Crippen molar-refractivity contribution in [2.75, 3.05) is 35.0 Å². The number of aliphatic hydroxyl groups excluding tert-OH is 2. The number of fused-ring (bicyclic) bond motifs is 2. The molecule has 0 aliphatic heterocycles. The molecule has 0 aliphatic rings. The topological polar surface area (TPSA) is 180 Å². The van der Waals surface area contributed by atoms with Crippen molar-refractivity contribution in [1.29, 1.82) is 0 Å². The van der Waals surface area contributed by atoms with E-state index in [2.05, 4.69) is 47.8 Å². The molecule has 42 heavy (non-hydrogen) atoms. The minimum atomic E-state index is -1.32. The lowest BCUT2D eigenvalue weighted by Gasteiger charge is -2.33. The van der Waals surface area contributed by atoms with Crippen LogP contribution in [-0.4, -0.2) is 77.1 Å². The number of pyridine rings is 2. The second-order valence-corrected chi connectivity index (χ2v) is 10.5. The highest BCUT2D eigenvalue weighted by molar-refractivity contribution is 5.87. The van der Waals surface area contributed by atoms with Gasteiger partial charge in [-0.05, 0) is 49.9 Å². The Morgan fingerprint density at radius 1 is 0.952 bits per heavy atom. The minimum Gasteiger partial charge on any atom is -0.394 e. The summed E-state index contributed by atoms with van der Waals surface area (Å²) < 4.78 is 13.8. The van der Waals surface area contributed by atoms with E-state index >= 15 is 0 Å². The molecule has 7 N–H and O–H groups in total. The van der Waals surface area contributed by atoms with Crippen molar-refractivity contribution in [3.8, 4) is 0 Å². The molecule has 0 bridgehead atoms. The molecule has 3 unspecified atom stereocenters. The molecule has 4 aromatic rings. The summed E-state index contributed by atoms with van der Waals surface area (Å²) in [4.78, 5) is 26.8. The second-order valence-electron chi connectivity index (χ2n) is 10.5. The molecule has 0 amide bonds. The second kappa shape index (κ2) is 14.3. The number of nitrogens with one attached hydrogen (secondary N) is 3. The van der Waals surface area contributed by atoms with Gasteiger partial charge in [-0.3, -0.25) is 9.97 Å². The molecule has 0 spiro atoms. The lowest BCUT2D eigenvalue weighted by Crippen LogP contribution is -2.42. The maximum Gasteiger partial charge on any atom is 0.225 e. The average molecular weight is 581 g/mol. The number of rotatable bonds is 16. The number of halogens is 1. The van der Waals surface area contributed by atoms with Crippen LogP contribution in [0, 0.1) is 0 Å². The molecule has 0 saturated carbocycles. The van der Waals surface area contributed by atoms with Gasteiger partial charge in [0.15, 0.2) is 11.6 Å². The molecular formula is C29H41FN10O2. The Balaban J connectivity index is 1.62. The van der Waals surface area contributed by atoms with Crippen molar-refractivity contribution in [3.63, 3.8) is 0 Å². The first kappa shape index (κ1) is 31.0. The number of hydrogen-bond acceptors (Lipinski definition) is 12. The first-order valence-electron chi connectivity index (χ1n) is 14.5. The quantitative estimate of drug-likeness (QED) is 0.112. The van der Waals surface area contributed by atoms with Gasteiger partial charge < -0.3 is 31.9 Å². The van der Waals surface area contributed by atoms with E-state index in [0.29, 0.717) is 58.9 Å². The van der Waals surface area contributed by atoms with Gasteiger partial charge in [0, 0.05) is 18.4 Å². The lowest BCUT2D eigenvalue weighted by atomic mass is 9.90. The number of nitrogens with zero attached hydrogens (tertiary/aromatic N) is 6. The van der Waals surface area contributed by atoms with Gasteiger partial charge in [-0.2, -0.15) is 9.97 Å². The van der Waals surface area contributed by atoms with Crippen molar-refractivity contribution in [2.24, 2.45) is 0 Å². The number of aromatic nitrogens is 6. The van der Waals surface area contributed by atoms with Crippen molar-refractivity contribution in [3.05, 3.63) is 36.7 Å². The van der Waals surface area contributed by atoms with Gasteiger partial charge in [0.05, 0.1) is 29.2 Å². The zero-order valence-electron chi connectivity index (χ0n) is 24.4. The largest absolute Gasteiger partial charge is 0.394 e. The summed E-state index contributed by atoms with van der Waals surface area (Å²) >= 11 is 0. The number of alkyl halides is 1. The zero-order chi connectivity index (χ0) is 30.1. The molecule has 0 aromatic carbocycles. The molecule has 0 aliphatic carbocycles. The smallest absolute Gasteiger partial charge is 0.225 e. The van der Waals surface area contributed by atoms with Gasteiger partial charge in [0.25, 0.3) is 0 Å². The molecule has 4 rings (SSSR count). The van der Waals surface area contributed by atoms with E-state index in [1.54, 1.807) is 30.6 Å². The highest BCUT2D eigenvalue weighted by atomic mass is 19.1. The number of unbranched alkanes of at least 4 members (excludes halogenated alkanes) is 1. The van der Waals surface area contributed by atoms with E-state index in [1.807, 2.05) is 19.9 Å². The molecule has 13 heteroatoms. The van der Waals surface area contributed by atoms with Crippen molar-refractivity contribution < 1.29 is 14.6 Å². The Labute approximate surface area is 244 Å². The van der Waals surface area contributed by atoms with Gasteiger partial charge in [-0.15, -0.1) is 0 Å². The number of anilines is 4. The van der Waals surface area contributed by atoms with E-state index in [9.17, 15) is 14.6 Å². The zero-order valence-corrected chi connectivity index (χ0v) is 24.4. The van der Waals surface area contributed by atoms with Crippen LogP contribution < -0.4 is 21.7 Å². The third-order valence-corrected chi connectivity index (χ3v) is 7.61. The van der Waals surface area contributed by atoms with Crippen LogP contribution in [0.25, 0.3) is 22.1 Å². The van der Waals surface area contributed by atoms with E-state index in [-0.39, 0.29) is 18.6 Å². The Bertz CT molecular complexity index is 1450. The monoisotopic (exact) mass is 580 g/mol. The van der Waals surface area contributed by atoms with E-state index in [0.717, 1.165) is 19.3 Å². The Hall–Kier alpha value is -3.97. The molecule has 12 nitrogen and oxygen atoms in total. The summed E-state index contributed by atoms with van der Waals surface area (Å²) in [5.41, 5.74) is 7.60. The van der Waals surface area contributed by atoms with Crippen LogP contribution in [0.4, 0.5) is 27.9 Å². The first-order chi connectivity index (χ1) is 20.3. The summed E-state index contributed by atoms with van der Waals surface area (Å²) in [6, 6.07) is 6.17. The first-order valence-corrected chi connectivity index (χ1v) is 14.5. The summed E-state index contributed by atoms with van der Waals surface area (Å²) in [5, 5.41) is 31.0. The standard InChI is InChI=1S/C29H41FN10O2/c1-4-7-12-29(6-3,17-41)40-26-24-20(11-9-14-33-24)37-28(39-26)34-18(5-2)15-21(22(42)16-30)35-25-23-19(10-8-13-32-23)36-27(31)38-25/h8-11,13-14,18,21-22,41-42H,4-7,12,15-17H2,1-3H3,(H3,31,35,36,38)(H2,34,37,39,40)/t18?,21-,22?,29?/m1/s1. The number of aliphatic hydroxyl groups is 2. The maximum absolute atomic E-state index is 13.8. The Morgan fingerprint density at radius 2 is 1.64 bits per heavy atom. The minimum absolute atomic E-state index is 0.0415. The normalized spacial score (nSPS) is 15.2. The van der Waals surface area contributed by atoms with Crippen molar-refractivity contribution in [1.82, 2.24) is 29.9 Å². The van der Waals surface area contributed by atoms with Gasteiger partial charge in [0.1, 0.15) is 23.8 Å². The highest BCUT2D eigenvalue weighted by Gasteiger charge is 2.29. The third kappa shape index (κ3) is 7.26. The maximum atomic E-state index is 13.8. The van der Waals surface area contributed by atoms with Crippen LogP contribution in [-0.2, 0) is 0 Å². The predicted octanol–water partition coefficient (Wildman–Crippen LogP) is 4.08. The SMILES string of the molecule is CCCCC(CC)(CO)Nc1nc(NC(CC)C[C@@H](Nc2nc(N)nc3cccnc23)C(O)CF)nc2cccnc12. The molecule has 4 atom stereocenters. The van der Waals surface area contributed by atoms with Crippen LogP contribution in [0.2, 0.25) is 0 Å². The fourth-order valence-electron chi connectivity index (χ4n) is 4.94. The molecule has 0 saturated heterocycles. The van der Waals surface area contributed by atoms with Crippen LogP contribution in [0.1, 0.15) is 59.3 Å². The van der Waals surface area contributed by atoms with Crippen molar-refractivity contribution in [2.45, 2.75) is 83.0 Å². The van der Waals surface area contributed by atoms with Gasteiger partial charge in [-0.1, -0.05) is 33.6 Å². The van der Waals surface area contributed by atoms with Crippen LogP contribution in [0.5, 0.6) is 0 Å². The van der Waals surface area contributed by atoms with Crippen LogP contribution in [0.15, 0.2) is 36.7 Å². The molecule has 226 valence electrons. The average Bonchev–Trinajstić information content (AvgIpc) is 3.01. The van der Waals surface area contributed by atoms with Gasteiger partial charge in [-0.25, -0.2) is 14.4 Å². The molecule has 0 fully saturated rings. The molecule has 0 radical (unpaired) electrons.